The molecule has 0 unspecified atom stereocenters. The van der Waals surface area contributed by atoms with Crippen molar-refractivity contribution < 1.29 is 9.53 Å². The lowest BCUT2D eigenvalue weighted by Gasteiger charge is -2.19. The number of benzene rings is 2. The number of carbonyl (C=O) groups excluding carboxylic acids is 1. The number of esters is 1. The van der Waals surface area contributed by atoms with E-state index in [9.17, 15) is 4.79 Å². The SMILES string of the molecule is CC(C)(C)OC(=O)c1ccc(-n2nncc2-c2ccc(Br)cc2)cc1. The fraction of sp³-hybridized carbons (Fsp3) is 0.211. The van der Waals surface area contributed by atoms with Crippen molar-refractivity contribution in [3.63, 3.8) is 0 Å². The molecule has 1 aromatic heterocycles. The predicted octanol–water partition coefficient (Wildman–Crippen LogP) is 4.65. The van der Waals surface area contributed by atoms with Gasteiger partial charge in [-0.1, -0.05) is 33.3 Å². The smallest absolute Gasteiger partial charge is 0.338 e. The van der Waals surface area contributed by atoms with E-state index < -0.39 is 5.60 Å². The molecule has 0 aliphatic rings. The van der Waals surface area contributed by atoms with Crippen molar-refractivity contribution in [3.05, 3.63) is 64.8 Å². The molecular formula is C19H18BrN3O2. The Bertz CT molecular complexity index is 878. The first-order valence-corrected chi connectivity index (χ1v) is 8.63. The second kappa shape index (κ2) is 6.80. The van der Waals surface area contributed by atoms with Crippen LogP contribution >= 0.6 is 15.9 Å². The maximum Gasteiger partial charge on any atom is 0.338 e. The molecule has 3 rings (SSSR count). The Hall–Kier alpha value is -2.47. The molecular weight excluding hydrogens is 382 g/mol. The van der Waals surface area contributed by atoms with Crippen LogP contribution in [0.4, 0.5) is 0 Å². The first-order valence-electron chi connectivity index (χ1n) is 7.84. The van der Waals surface area contributed by atoms with Crippen LogP contribution in [0.1, 0.15) is 31.1 Å². The monoisotopic (exact) mass is 399 g/mol. The fourth-order valence-corrected chi connectivity index (χ4v) is 2.58. The van der Waals surface area contributed by atoms with Gasteiger partial charge in [0.1, 0.15) is 5.60 Å². The third kappa shape index (κ3) is 4.14. The van der Waals surface area contributed by atoms with Crippen molar-refractivity contribution in [2.75, 3.05) is 0 Å². The summed E-state index contributed by atoms with van der Waals surface area (Å²) in [5.41, 5.74) is 2.69. The van der Waals surface area contributed by atoms with E-state index >= 15 is 0 Å². The molecule has 0 atom stereocenters. The summed E-state index contributed by atoms with van der Waals surface area (Å²) in [6, 6.07) is 15.1. The van der Waals surface area contributed by atoms with Crippen molar-refractivity contribution in [1.29, 1.82) is 0 Å². The highest BCUT2D eigenvalue weighted by molar-refractivity contribution is 9.10. The molecule has 1 heterocycles. The van der Waals surface area contributed by atoms with Gasteiger partial charge in [0.25, 0.3) is 0 Å². The largest absolute Gasteiger partial charge is 0.456 e. The number of hydrogen-bond acceptors (Lipinski definition) is 4. The van der Waals surface area contributed by atoms with Crippen LogP contribution in [-0.2, 0) is 4.74 Å². The van der Waals surface area contributed by atoms with E-state index in [2.05, 4.69) is 26.2 Å². The summed E-state index contributed by atoms with van der Waals surface area (Å²) in [5.74, 6) is -0.342. The molecule has 0 N–H and O–H groups in total. The van der Waals surface area contributed by atoms with Gasteiger partial charge in [0.2, 0.25) is 0 Å². The van der Waals surface area contributed by atoms with Gasteiger partial charge >= 0.3 is 5.97 Å². The summed E-state index contributed by atoms with van der Waals surface area (Å²) in [5, 5.41) is 8.17. The van der Waals surface area contributed by atoms with Crippen LogP contribution in [0.15, 0.2) is 59.2 Å². The van der Waals surface area contributed by atoms with Gasteiger partial charge in [-0.2, -0.15) is 0 Å². The minimum absolute atomic E-state index is 0.342. The lowest BCUT2D eigenvalue weighted by atomic mass is 10.1. The fourth-order valence-electron chi connectivity index (χ4n) is 2.32. The minimum Gasteiger partial charge on any atom is -0.456 e. The number of hydrogen-bond donors (Lipinski definition) is 0. The van der Waals surface area contributed by atoms with Gasteiger partial charge in [0.15, 0.2) is 0 Å². The number of aromatic nitrogens is 3. The Morgan fingerprint density at radius 1 is 1.04 bits per heavy atom. The number of carbonyl (C=O) groups is 1. The lowest BCUT2D eigenvalue weighted by Crippen LogP contribution is -2.23. The number of ether oxygens (including phenoxy) is 1. The predicted molar refractivity (Wildman–Crippen MR) is 99.7 cm³/mol. The molecule has 0 amide bonds. The van der Waals surface area contributed by atoms with E-state index in [0.717, 1.165) is 21.4 Å². The molecule has 0 aliphatic heterocycles. The van der Waals surface area contributed by atoms with E-state index in [4.69, 9.17) is 4.74 Å². The van der Waals surface area contributed by atoms with Crippen molar-refractivity contribution in [2.45, 2.75) is 26.4 Å². The first kappa shape index (κ1) is 17.4. The van der Waals surface area contributed by atoms with Crippen LogP contribution in [0.2, 0.25) is 0 Å². The van der Waals surface area contributed by atoms with Gasteiger partial charge in [-0.05, 0) is 57.2 Å². The van der Waals surface area contributed by atoms with E-state index in [0.29, 0.717) is 5.56 Å². The maximum absolute atomic E-state index is 12.1. The Balaban J connectivity index is 1.88. The van der Waals surface area contributed by atoms with Crippen LogP contribution in [0.3, 0.4) is 0 Å². The quantitative estimate of drug-likeness (QED) is 0.601. The third-order valence-corrected chi connectivity index (χ3v) is 3.96. The van der Waals surface area contributed by atoms with Crippen molar-refractivity contribution in [1.82, 2.24) is 15.0 Å². The molecule has 0 radical (unpaired) electrons. The van der Waals surface area contributed by atoms with E-state index in [1.54, 1.807) is 23.0 Å². The minimum atomic E-state index is -0.517. The lowest BCUT2D eigenvalue weighted by molar-refractivity contribution is 0.00695. The van der Waals surface area contributed by atoms with Gasteiger partial charge < -0.3 is 4.74 Å². The van der Waals surface area contributed by atoms with Crippen LogP contribution in [0.25, 0.3) is 16.9 Å². The van der Waals surface area contributed by atoms with Crippen LogP contribution < -0.4 is 0 Å². The van der Waals surface area contributed by atoms with Crippen molar-refractivity contribution in [3.8, 4) is 16.9 Å². The molecule has 0 spiro atoms. The molecule has 6 heteroatoms. The summed E-state index contributed by atoms with van der Waals surface area (Å²) in [4.78, 5) is 12.1. The molecule has 25 heavy (non-hydrogen) atoms. The third-order valence-electron chi connectivity index (χ3n) is 3.44. The van der Waals surface area contributed by atoms with Gasteiger partial charge in [-0.3, -0.25) is 0 Å². The highest BCUT2D eigenvalue weighted by Crippen LogP contribution is 2.23. The molecule has 0 fully saturated rings. The van der Waals surface area contributed by atoms with E-state index in [-0.39, 0.29) is 5.97 Å². The Morgan fingerprint density at radius 3 is 2.28 bits per heavy atom. The molecule has 0 saturated carbocycles. The van der Waals surface area contributed by atoms with Gasteiger partial charge in [-0.15, -0.1) is 5.10 Å². The standard InChI is InChI=1S/C19H18BrN3O2/c1-19(2,3)25-18(24)14-6-10-16(11-7-14)23-17(12-21-22-23)13-4-8-15(20)9-5-13/h4-12H,1-3H3. The Morgan fingerprint density at radius 2 is 1.68 bits per heavy atom. The Kier molecular flexibility index (Phi) is 4.72. The number of rotatable bonds is 3. The zero-order chi connectivity index (χ0) is 18.0. The average Bonchev–Trinajstić information content (AvgIpc) is 3.04. The molecule has 0 bridgehead atoms. The van der Waals surface area contributed by atoms with Crippen molar-refractivity contribution >= 4 is 21.9 Å². The highest BCUT2D eigenvalue weighted by atomic mass is 79.9. The number of nitrogens with zero attached hydrogens (tertiary/aromatic N) is 3. The molecule has 5 nitrogen and oxygen atoms in total. The van der Waals surface area contributed by atoms with Gasteiger partial charge in [-0.25, -0.2) is 9.48 Å². The summed E-state index contributed by atoms with van der Waals surface area (Å²) < 4.78 is 8.13. The summed E-state index contributed by atoms with van der Waals surface area (Å²) >= 11 is 3.43. The molecule has 0 saturated heterocycles. The van der Waals surface area contributed by atoms with E-state index in [1.165, 1.54) is 0 Å². The van der Waals surface area contributed by atoms with Gasteiger partial charge in [0.05, 0.1) is 23.1 Å². The number of halogens is 1. The zero-order valence-corrected chi connectivity index (χ0v) is 15.8. The second-order valence-corrected chi connectivity index (χ2v) is 7.50. The summed E-state index contributed by atoms with van der Waals surface area (Å²) in [6.07, 6.45) is 1.71. The van der Waals surface area contributed by atoms with Crippen LogP contribution in [0, 0.1) is 0 Å². The topological polar surface area (TPSA) is 57.0 Å². The van der Waals surface area contributed by atoms with Crippen LogP contribution in [-0.4, -0.2) is 26.6 Å². The zero-order valence-electron chi connectivity index (χ0n) is 14.2. The second-order valence-electron chi connectivity index (χ2n) is 6.59. The first-order chi connectivity index (χ1) is 11.8. The maximum atomic E-state index is 12.1. The summed E-state index contributed by atoms with van der Waals surface area (Å²) in [7, 11) is 0. The molecule has 128 valence electrons. The van der Waals surface area contributed by atoms with E-state index in [1.807, 2.05) is 57.2 Å². The van der Waals surface area contributed by atoms with Crippen LogP contribution in [0.5, 0.6) is 0 Å². The normalized spacial score (nSPS) is 11.4. The molecule has 3 aromatic rings. The average molecular weight is 400 g/mol. The molecule has 2 aromatic carbocycles. The summed E-state index contributed by atoms with van der Waals surface area (Å²) in [6.45, 7) is 5.54. The Labute approximate surface area is 154 Å². The van der Waals surface area contributed by atoms with Gasteiger partial charge in [0, 0.05) is 10.0 Å². The molecule has 0 aliphatic carbocycles. The highest BCUT2D eigenvalue weighted by Gasteiger charge is 2.18. The van der Waals surface area contributed by atoms with Crippen molar-refractivity contribution in [2.24, 2.45) is 0 Å².